The van der Waals surface area contributed by atoms with Crippen LogP contribution in [0.15, 0.2) is 102 Å². The molecule has 4 nitrogen and oxygen atoms in total. The van der Waals surface area contributed by atoms with Gasteiger partial charge in [-0.2, -0.15) is 0 Å². The first kappa shape index (κ1) is 20.1. The molecule has 0 aliphatic heterocycles. The fraction of sp³-hybridized carbons (Fsp3) is 0.120. The Morgan fingerprint density at radius 3 is 2.17 bits per heavy atom. The molecule has 2 N–H and O–H groups in total. The van der Waals surface area contributed by atoms with Crippen LogP contribution in [0, 0.1) is 6.92 Å². The van der Waals surface area contributed by atoms with Crippen LogP contribution in [0.1, 0.15) is 17.2 Å². The third-order valence-corrected chi connectivity index (χ3v) is 6.54. The number of benzene rings is 4. The van der Waals surface area contributed by atoms with Crippen molar-refractivity contribution in [3.05, 3.63) is 108 Å². The molecule has 0 fully saturated rings. The normalized spacial score (nSPS) is 12.6. The van der Waals surface area contributed by atoms with Gasteiger partial charge in [-0.05, 0) is 53.6 Å². The molecule has 0 heterocycles. The Kier molecular flexibility index (Phi) is 5.84. The molecule has 30 heavy (non-hydrogen) atoms. The third kappa shape index (κ3) is 4.70. The van der Waals surface area contributed by atoms with Crippen LogP contribution in [0.2, 0.25) is 0 Å². The van der Waals surface area contributed by atoms with E-state index in [1.807, 2.05) is 55.5 Å². The molecule has 0 aliphatic rings. The molecule has 0 saturated carbocycles. The molecule has 0 bridgehead atoms. The number of fused-ring (bicyclic) bond motifs is 1. The first-order valence-electron chi connectivity index (χ1n) is 9.88. The van der Waals surface area contributed by atoms with E-state index in [-0.39, 0.29) is 17.5 Å². The molecule has 0 saturated heterocycles. The zero-order chi connectivity index (χ0) is 21.0. The van der Waals surface area contributed by atoms with Gasteiger partial charge in [-0.1, -0.05) is 72.3 Å². The zero-order valence-electron chi connectivity index (χ0n) is 16.7. The van der Waals surface area contributed by atoms with Crippen molar-refractivity contribution in [2.45, 2.75) is 17.9 Å². The number of para-hydroxylation sites is 1. The van der Waals surface area contributed by atoms with E-state index in [4.69, 9.17) is 0 Å². The lowest BCUT2D eigenvalue weighted by Crippen LogP contribution is -2.31. The average Bonchev–Trinajstić information content (AvgIpc) is 2.77. The predicted molar refractivity (Wildman–Crippen MR) is 123 cm³/mol. The summed E-state index contributed by atoms with van der Waals surface area (Å²) >= 11 is 0. The molecule has 0 radical (unpaired) electrons. The molecule has 5 heteroatoms. The molecule has 4 rings (SSSR count). The summed E-state index contributed by atoms with van der Waals surface area (Å²) in [4.78, 5) is 0.269. The van der Waals surface area contributed by atoms with E-state index in [1.165, 1.54) is 0 Å². The maximum Gasteiger partial charge on any atom is 0.240 e. The summed E-state index contributed by atoms with van der Waals surface area (Å²) in [6.07, 6.45) is 0. The second kappa shape index (κ2) is 8.69. The van der Waals surface area contributed by atoms with Gasteiger partial charge in [0, 0.05) is 12.2 Å². The average molecular weight is 417 g/mol. The van der Waals surface area contributed by atoms with Crippen LogP contribution < -0.4 is 10.0 Å². The maximum atomic E-state index is 12.8. The van der Waals surface area contributed by atoms with Gasteiger partial charge >= 0.3 is 0 Å². The highest BCUT2D eigenvalue weighted by Gasteiger charge is 2.18. The summed E-state index contributed by atoms with van der Waals surface area (Å²) in [5.74, 6) is 0. The van der Waals surface area contributed by atoms with E-state index in [1.54, 1.807) is 24.3 Å². The topological polar surface area (TPSA) is 58.2 Å². The van der Waals surface area contributed by atoms with Crippen LogP contribution in [0.3, 0.4) is 0 Å². The van der Waals surface area contributed by atoms with Crippen molar-refractivity contribution >= 4 is 26.5 Å². The number of hydrogen-bond donors (Lipinski definition) is 2. The van der Waals surface area contributed by atoms with Crippen molar-refractivity contribution in [3.8, 4) is 0 Å². The Balaban J connectivity index is 1.62. The van der Waals surface area contributed by atoms with E-state index in [0.717, 1.165) is 27.6 Å². The second-order valence-corrected chi connectivity index (χ2v) is 9.10. The Morgan fingerprint density at radius 1 is 0.767 bits per heavy atom. The Hall–Kier alpha value is -3.15. The van der Waals surface area contributed by atoms with Crippen LogP contribution in [0.5, 0.6) is 0 Å². The van der Waals surface area contributed by atoms with Gasteiger partial charge in [0.15, 0.2) is 0 Å². The molecule has 0 spiro atoms. The van der Waals surface area contributed by atoms with Gasteiger partial charge in [0.2, 0.25) is 10.0 Å². The largest absolute Gasteiger partial charge is 0.377 e. The van der Waals surface area contributed by atoms with Gasteiger partial charge in [0.1, 0.15) is 0 Å². The van der Waals surface area contributed by atoms with Gasteiger partial charge in [-0.3, -0.25) is 0 Å². The van der Waals surface area contributed by atoms with Crippen LogP contribution in [0.25, 0.3) is 10.8 Å². The highest BCUT2D eigenvalue weighted by Crippen LogP contribution is 2.24. The lowest BCUT2D eigenvalue weighted by Gasteiger charge is -2.22. The van der Waals surface area contributed by atoms with Crippen molar-refractivity contribution in [2.24, 2.45) is 0 Å². The summed E-state index contributed by atoms with van der Waals surface area (Å²) in [6, 6.07) is 30.8. The van der Waals surface area contributed by atoms with Crippen molar-refractivity contribution in [1.29, 1.82) is 0 Å². The van der Waals surface area contributed by atoms with Crippen molar-refractivity contribution in [1.82, 2.24) is 4.72 Å². The minimum atomic E-state index is -3.60. The molecule has 0 aliphatic carbocycles. The van der Waals surface area contributed by atoms with Gasteiger partial charge < -0.3 is 5.32 Å². The molecular weight excluding hydrogens is 392 g/mol. The van der Waals surface area contributed by atoms with E-state index < -0.39 is 10.0 Å². The van der Waals surface area contributed by atoms with Crippen LogP contribution in [-0.2, 0) is 10.0 Å². The summed E-state index contributed by atoms with van der Waals surface area (Å²) in [7, 11) is -3.60. The summed E-state index contributed by atoms with van der Waals surface area (Å²) in [5.41, 5.74) is 2.98. The number of hydrogen-bond acceptors (Lipinski definition) is 3. The summed E-state index contributed by atoms with van der Waals surface area (Å²) < 4.78 is 28.4. The second-order valence-electron chi connectivity index (χ2n) is 7.33. The highest BCUT2D eigenvalue weighted by molar-refractivity contribution is 7.89. The lowest BCUT2D eigenvalue weighted by atomic mass is 10.0. The quantitative estimate of drug-likeness (QED) is 0.431. The van der Waals surface area contributed by atoms with E-state index in [0.29, 0.717) is 0 Å². The molecule has 0 aromatic heterocycles. The lowest BCUT2D eigenvalue weighted by molar-refractivity contribution is 0.576. The minimum Gasteiger partial charge on any atom is -0.377 e. The highest BCUT2D eigenvalue weighted by atomic mass is 32.2. The van der Waals surface area contributed by atoms with Crippen molar-refractivity contribution in [3.63, 3.8) is 0 Å². The van der Waals surface area contributed by atoms with Gasteiger partial charge in [-0.15, -0.1) is 0 Å². The zero-order valence-corrected chi connectivity index (χ0v) is 17.6. The van der Waals surface area contributed by atoms with Gasteiger partial charge in [0.25, 0.3) is 0 Å². The standard InChI is InChI=1S/C25H24N2O2S/c1-19-11-15-24(16-12-19)30(28,29)26-18-25(27-23-9-3-2-4-10-23)22-14-13-20-7-5-6-8-21(20)17-22/h2-17,25-27H,18H2,1H3. The number of sulfonamides is 1. The molecule has 4 aromatic carbocycles. The minimum absolute atomic E-state index is 0.225. The summed E-state index contributed by atoms with van der Waals surface area (Å²) in [6.45, 7) is 2.16. The molecule has 0 amide bonds. The Bertz CT molecular complexity index is 1240. The monoisotopic (exact) mass is 416 g/mol. The Morgan fingerprint density at radius 2 is 1.43 bits per heavy atom. The summed E-state index contributed by atoms with van der Waals surface area (Å²) in [5, 5.41) is 5.74. The van der Waals surface area contributed by atoms with Crippen molar-refractivity contribution < 1.29 is 8.42 Å². The van der Waals surface area contributed by atoms with Gasteiger partial charge in [-0.25, -0.2) is 13.1 Å². The number of rotatable bonds is 7. The van der Waals surface area contributed by atoms with Crippen LogP contribution in [-0.4, -0.2) is 15.0 Å². The van der Waals surface area contributed by atoms with Crippen molar-refractivity contribution in [2.75, 3.05) is 11.9 Å². The third-order valence-electron chi connectivity index (χ3n) is 5.10. The predicted octanol–water partition coefficient (Wildman–Crippen LogP) is 5.28. The number of aryl methyl sites for hydroxylation is 1. The van der Waals surface area contributed by atoms with Crippen LogP contribution in [0.4, 0.5) is 5.69 Å². The van der Waals surface area contributed by atoms with E-state index >= 15 is 0 Å². The maximum absolute atomic E-state index is 12.8. The molecular formula is C25H24N2O2S. The fourth-order valence-electron chi connectivity index (χ4n) is 3.41. The fourth-order valence-corrected chi connectivity index (χ4v) is 4.45. The first-order valence-corrected chi connectivity index (χ1v) is 11.4. The molecule has 1 atom stereocenters. The molecule has 1 unspecified atom stereocenters. The molecule has 4 aromatic rings. The molecule has 152 valence electrons. The van der Waals surface area contributed by atoms with E-state index in [9.17, 15) is 8.42 Å². The van der Waals surface area contributed by atoms with Crippen LogP contribution >= 0.6 is 0 Å². The smallest absolute Gasteiger partial charge is 0.240 e. The first-order chi connectivity index (χ1) is 14.5. The number of anilines is 1. The van der Waals surface area contributed by atoms with E-state index in [2.05, 4.69) is 34.3 Å². The van der Waals surface area contributed by atoms with Gasteiger partial charge in [0.05, 0.1) is 10.9 Å². The SMILES string of the molecule is Cc1ccc(S(=O)(=O)NCC(Nc2ccccc2)c2ccc3ccccc3c2)cc1. The number of nitrogens with one attached hydrogen (secondary N) is 2. The Labute approximate surface area is 177 Å².